The van der Waals surface area contributed by atoms with E-state index in [-0.39, 0.29) is 5.91 Å². The Labute approximate surface area is 124 Å². The molecule has 1 aromatic rings. The van der Waals surface area contributed by atoms with Crippen molar-refractivity contribution >= 4 is 23.2 Å². The molecule has 1 aliphatic heterocycles. The molecule has 1 aliphatic carbocycles. The zero-order chi connectivity index (χ0) is 13.9. The van der Waals surface area contributed by atoms with Gasteiger partial charge in [0, 0.05) is 36.4 Å². The topological polar surface area (TPSA) is 44.4 Å². The van der Waals surface area contributed by atoms with E-state index in [1.54, 1.807) is 0 Å². The molecule has 20 heavy (non-hydrogen) atoms. The number of amides is 1. The summed E-state index contributed by atoms with van der Waals surface area (Å²) in [4.78, 5) is 13.9. The van der Waals surface area contributed by atoms with Crippen LogP contribution >= 0.6 is 11.6 Å². The van der Waals surface area contributed by atoms with Crippen LogP contribution in [0.25, 0.3) is 0 Å². The molecule has 2 aliphatic rings. The lowest BCUT2D eigenvalue weighted by Gasteiger charge is -2.24. The number of nitrogens with one attached hydrogen (secondary N) is 2. The molecule has 3 rings (SSSR count). The molecular formula is C15H20ClN3O. The maximum atomic E-state index is 11.7. The van der Waals surface area contributed by atoms with Gasteiger partial charge in [-0.2, -0.15) is 0 Å². The van der Waals surface area contributed by atoms with Crippen LogP contribution in [0, 0.1) is 0 Å². The monoisotopic (exact) mass is 293 g/mol. The van der Waals surface area contributed by atoms with E-state index in [1.807, 2.05) is 18.2 Å². The number of hydrogen-bond donors (Lipinski definition) is 2. The second-order valence-corrected chi connectivity index (χ2v) is 5.99. The maximum absolute atomic E-state index is 11.7. The third kappa shape index (κ3) is 3.44. The second-order valence-electron chi connectivity index (χ2n) is 5.55. The van der Waals surface area contributed by atoms with Crippen molar-refractivity contribution < 1.29 is 4.79 Å². The highest BCUT2D eigenvalue weighted by atomic mass is 35.5. The van der Waals surface area contributed by atoms with E-state index in [9.17, 15) is 4.79 Å². The van der Waals surface area contributed by atoms with Crippen LogP contribution in [0.15, 0.2) is 18.2 Å². The normalized spacial score (nSPS) is 19.6. The maximum Gasteiger partial charge on any atom is 0.239 e. The summed E-state index contributed by atoms with van der Waals surface area (Å²) in [6.07, 6.45) is 3.51. The summed E-state index contributed by atoms with van der Waals surface area (Å²) in [6.45, 7) is 2.91. The van der Waals surface area contributed by atoms with Gasteiger partial charge in [0.05, 0.1) is 6.54 Å². The highest BCUT2D eigenvalue weighted by Crippen LogP contribution is 2.27. The standard InChI is InChI=1S/C15H20ClN3O/c16-12-2-5-14(11(8-12)9-18-13-3-4-13)19-7-1-6-17-15(20)10-19/h2,5,8,13,18H,1,3-4,6-7,9-10H2,(H,17,20). The van der Waals surface area contributed by atoms with Gasteiger partial charge in [-0.05, 0) is 43.0 Å². The SMILES string of the molecule is O=C1CN(c2ccc(Cl)cc2CNC2CC2)CCCN1. The molecule has 0 unspecified atom stereocenters. The van der Waals surface area contributed by atoms with Gasteiger partial charge in [0.1, 0.15) is 0 Å². The molecule has 0 spiro atoms. The Kier molecular flexibility index (Phi) is 4.13. The third-order valence-electron chi connectivity index (χ3n) is 3.80. The summed E-state index contributed by atoms with van der Waals surface area (Å²) in [5.41, 5.74) is 2.30. The van der Waals surface area contributed by atoms with Crippen LogP contribution < -0.4 is 15.5 Å². The number of rotatable bonds is 4. The van der Waals surface area contributed by atoms with Crippen LogP contribution in [0.5, 0.6) is 0 Å². The van der Waals surface area contributed by atoms with E-state index < -0.39 is 0 Å². The molecule has 0 atom stereocenters. The van der Waals surface area contributed by atoms with Crippen molar-refractivity contribution in [2.75, 3.05) is 24.5 Å². The number of anilines is 1. The van der Waals surface area contributed by atoms with Crippen molar-refractivity contribution in [2.45, 2.75) is 31.8 Å². The van der Waals surface area contributed by atoms with Gasteiger partial charge in [-0.1, -0.05) is 11.6 Å². The van der Waals surface area contributed by atoms with Crippen molar-refractivity contribution in [2.24, 2.45) is 0 Å². The average Bonchev–Trinajstić information content (AvgIpc) is 3.24. The number of carbonyl (C=O) groups excluding carboxylic acids is 1. The second kappa shape index (κ2) is 6.02. The Hall–Kier alpha value is -1.26. The lowest BCUT2D eigenvalue weighted by molar-refractivity contribution is -0.119. The Morgan fingerprint density at radius 1 is 1.40 bits per heavy atom. The van der Waals surface area contributed by atoms with Gasteiger partial charge in [-0.25, -0.2) is 0 Å². The molecule has 1 aromatic carbocycles. The minimum absolute atomic E-state index is 0.0959. The van der Waals surface area contributed by atoms with Gasteiger partial charge in [-0.3, -0.25) is 4.79 Å². The lowest BCUT2D eigenvalue weighted by Crippen LogP contribution is -2.34. The fraction of sp³-hybridized carbons (Fsp3) is 0.533. The summed E-state index contributed by atoms with van der Waals surface area (Å²) in [6, 6.07) is 6.61. The summed E-state index contributed by atoms with van der Waals surface area (Å²) in [7, 11) is 0. The Bertz CT molecular complexity index is 502. The first-order valence-corrected chi connectivity index (χ1v) is 7.63. The van der Waals surface area contributed by atoms with E-state index >= 15 is 0 Å². The molecular weight excluding hydrogens is 274 g/mol. The molecule has 0 radical (unpaired) electrons. The predicted molar refractivity (Wildman–Crippen MR) is 81.2 cm³/mol. The molecule has 2 fully saturated rings. The van der Waals surface area contributed by atoms with Crippen molar-refractivity contribution in [3.05, 3.63) is 28.8 Å². The summed E-state index contributed by atoms with van der Waals surface area (Å²) in [5.74, 6) is 0.0959. The van der Waals surface area contributed by atoms with Crippen LogP contribution in [-0.4, -0.2) is 31.6 Å². The average molecular weight is 294 g/mol. The molecule has 2 N–H and O–H groups in total. The molecule has 1 saturated heterocycles. The zero-order valence-electron chi connectivity index (χ0n) is 11.5. The van der Waals surface area contributed by atoms with Crippen molar-refractivity contribution in [3.8, 4) is 0 Å². The first kappa shape index (κ1) is 13.7. The number of halogens is 1. The van der Waals surface area contributed by atoms with Gasteiger partial charge in [0.25, 0.3) is 0 Å². The van der Waals surface area contributed by atoms with Crippen molar-refractivity contribution in [3.63, 3.8) is 0 Å². The summed E-state index contributed by atoms with van der Waals surface area (Å²) < 4.78 is 0. The largest absolute Gasteiger partial charge is 0.362 e. The highest BCUT2D eigenvalue weighted by molar-refractivity contribution is 6.30. The van der Waals surface area contributed by atoms with Crippen LogP contribution in [0.3, 0.4) is 0 Å². The first-order chi connectivity index (χ1) is 9.72. The lowest BCUT2D eigenvalue weighted by atomic mass is 10.1. The van der Waals surface area contributed by atoms with E-state index in [1.165, 1.54) is 18.4 Å². The molecule has 0 aromatic heterocycles. The van der Waals surface area contributed by atoms with Crippen LogP contribution in [-0.2, 0) is 11.3 Å². The quantitative estimate of drug-likeness (QED) is 0.891. The van der Waals surface area contributed by atoms with Crippen LogP contribution in [0.1, 0.15) is 24.8 Å². The number of nitrogens with zero attached hydrogens (tertiary/aromatic N) is 1. The van der Waals surface area contributed by atoms with Gasteiger partial charge < -0.3 is 15.5 Å². The third-order valence-corrected chi connectivity index (χ3v) is 4.04. The predicted octanol–water partition coefficient (Wildman–Crippen LogP) is 1.92. The van der Waals surface area contributed by atoms with Crippen LogP contribution in [0.4, 0.5) is 5.69 Å². The van der Waals surface area contributed by atoms with E-state index in [0.717, 1.165) is 36.8 Å². The van der Waals surface area contributed by atoms with Crippen molar-refractivity contribution in [1.29, 1.82) is 0 Å². The number of hydrogen-bond acceptors (Lipinski definition) is 3. The molecule has 5 heteroatoms. The Morgan fingerprint density at radius 2 is 2.25 bits per heavy atom. The van der Waals surface area contributed by atoms with Crippen LogP contribution in [0.2, 0.25) is 5.02 Å². The van der Waals surface area contributed by atoms with E-state index in [4.69, 9.17) is 11.6 Å². The number of benzene rings is 1. The molecule has 1 saturated carbocycles. The molecule has 4 nitrogen and oxygen atoms in total. The first-order valence-electron chi connectivity index (χ1n) is 7.26. The Balaban J connectivity index is 1.80. The van der Waals surface area contributed by atoms with Gasteiger partial charge in [0.2, 0.25) is 5.91 Å². The van der Waals surface area contributed by atoms with Gasteiger partial charge in [0.15, 0.2) is 0 Å². The molecule has 1 heterocycles. The smallest absolute Gasteiger partial charge is 0.239 e. The van der Waals surface area contributed by atoms with E-state index in [2.05, 4.69) is 15.5 Å². The minimum atomic E-state index is 0.0959. The number of carbonyl (C=O) groups is 1. The van der Waals surface area contributed by atoms with E-state index in [0.29, 0.717) is 12.6 Å². The minimum Gasteiger partial charge on any atom is -0.362 e. The fourth-order valence-corrected chi connectivity index (χ4v) is 2.75. The molecule has 1 amide bonds. The fourth-order valence-electron chi connectivity index (χ4n) is 2.56. The van der Waals surface area contributed by atoms with Crippen molar-refractivity contribution in [1.82, 2.24) is 10.6 Å². The zero-order valence-corrected chi connectivity index (χ0v) is 12.2. The molecule has 0 bridgehead atoms. The highest BCUT2D eigenvalue weighted by Gasteiger charge is 2.22. The van der Waals surface area contributed by atoms with Gasteiger partial charge in [-0.15, -0.1) is 0 Å². The Morgan fingerprint density at radius 3 is 3.05 bits per heavy atom. The molecule has 108 valence electrons. The summed E-state index contributed by atoms with van der Waals surface area (Å²) >= 11 is 6.12. The summed E-state index contributed by atoms with van der Waals surface area (Å²) in [5, 5.41) is 7.18. The van der Waals surface area contributed by atoms with Gasteiger partial charge >= 0.3 is 0 Å².